The zero-order chi connectivity index (χ0) is 13.6. The molecule has 0 saturated heterocycles. The van der Waals surface area contributed by atoms with Gasteiger partial charge in [-0.2, -0.15) is 0 Å². The molecular formula is C15H30O3. The first kappa shape index (κ1) is 17.4. The van der Waals surface area contributed by atoms with Crippen molar-refractivity contribution in [3.63, 3.8) is 0 Å². The fraction of sp³-hybridized carbons (Fsp3) is 0.933. The second-order valence-electron chi connectivity index (χ2n) is 5.03. The first-order valence-electron chi connectivity index (χ1n) is 7.45. The van der Waals surface area contributed by atoms with Crippen molar-refractivity contribution in [1.29, 1.82) is 0 Å². The molecule has 1 N–H and O–H groups in total. The van der Waals surface area contributed by atoms with Gasteiger partial charge in [0.1, 0.15) is 0 Å². The Bertz CT molecular complexity index is 192. The molecule has 0 saturated carbocycles. The number of hydrogen-bond acceptors (Lipinski definition) is 3. The molecule has 0 aliphatic rings. The molecule has 1 atom stereocenters. The summed E-state index contributed by atoms with van der Waals surface area (Å²) in [5.74, 6) is -0.232. The Hall–Kier alpha value is -0.570. The Morgan fingerprint density at radius 1 is 1.00 bits per heavy atom. The minimum absolute atomic E-state index is 0.232. The Morgan fingerprint density at radius 3 is 2.11 bits per heavy atom. The highest BCUT2D eigenvalue weighted by molar-refractivity contribution is 5.69. The number of carbonyl (C=O) groups is 1. The second kappa shape index (κ2) is 12.9. The Labute approximate surface area is 112 Å². The number of carbonyl (C=O) groups excluding carboxylic acids is 1. The molecule has 3 nitrogen and oxygen atoms in total. The monoisotopic (exact) mass is 258 g/mol. The average molecular weight is 258 g/mol. The van der Waals surface area contributed by atoms with Crippen LogP contribution in [0.15, 0.2) is 0 Å². The van der Waals surface area contributed by atoms with Gasteiger partial charge in [-0.1, -0.05) is 58.3 Å². The molecule has 18 heavy (non-hydrogen) atoms. The van der Waals surface area contributed by atoms with E-state index < -0.39 is 0 Å². The molecule has 0 aromatic heterocycles. The average Bonchev–Trinajstić information content (AvgIpc) is 2.39. The van der Waals surface area contributed by atoms with E-state index in [0.717, 1.165) is 12.8 Å². The second-order valence-corrected chi connectivity index (χ2v) is 5.03. The minimum Gasteiger partial charge on any atom is -0.469 e. The number of rotatable bonds is 12. The Balaban J connectivity index is 3.20. The van der Waals surface area contributed by atoms with Gasteiger partial charge in [-0.25, -0.2) is 0 Å². The van der Waals surface area contributed by atoms with Crippen LogP contribution in [0.5, 0.6) is 0 Å². The highest BCUT2D eigenvalue weighted by Crippen LogP contribution is 2.12. The molecule has 0 bridgehead atoms. The lowest BCUT2D eigenvalue weighted by Gasteiger charge is -2.09. The van der Waals surface area contributed by atoms with Gasteiger partial charge in [0, 0.05) is 6.42 Å². The zero-order valence-electron chi connectivity index (χ0n) is 12.1. The summed E-state index contributed by atoms with van der Waals surface area (Å²) in [7, 11) is 1.38. The highest BCUT2D eigenvalue weighted by atomic mass is 16.5. The van der Waals surface area contributed by atoms with Gasteiger partial charge in [-0.15, -0.1) is 0 Å². The van der Waals surface area contributed by atoms with Gasteiger partial charge in [0.15, 0.2) is 0 Å². The molecule has 0 radical (unpaired) electrons. The molecule has 0 aromatic carbocycles. The van der Waals surface area contributed by atoms with Crippen molar-refractivity contribution in [2.75, 3.05) is 7.11 Å². The van der Waals surface area contributed by atoms with E-state index in [-0.39, 0.29) is 12.1 Å². The van der Waals surface area contributed by atoms with Crippen LogP contribution in [0.3, 0.4) is 0 Å². The van der Waals surface area contributed by atoms with Crippen LogP contribution in [-0.2, 0) is 9.53 Å². The summed E-state index contributed by atoms with van der Waals surface area (Å²) in [6.07, 6.45) is 11.5. The number of hydrogen-bond donors (Lipinski definition) is 1. The van der Waals surface area contributed by atoms with Crippen molar-refractivity contribution in [3.8, 4) is 0 Å². The maximum absolute atomic E-state index is 10.9. The van der Waals surface area contributed by atoms with Gasteiger partial charge >= 0.3 is 5.97 Å². The lowest BCUT2D eigenvalue weighted by molar-refractivity contribution is -0.141. The number of methoxy groups -OCH3 is 1. The molecule has 108 valence electrons. The standard InChI is InChI=1S/C15H30O3/c1-3-4-5-6-7-8-9-10-11-14(16)12-13-15(17)18-2/h14,16H,3-13H2,1-2H3. The molecule has 0 aromatic rings. The molecule has 0 aliphatic carbocycles. The van der Waals surface area contributed by atoms with E-state index in [1.165, 1.54) is 52.1 Å². The van der Waals surface area contributed by atoms with Crippen LogP contribution in [0.4, 0.5) is 0 Å². The quantitative estimate of drug-likeness (QED) is 0.427. The van der Waals surface area contributed by atoms with E-state index in [4.69, 9.17) is 0 Å². The Morgan fingerprint density at radius 2 is 1.56 bits per heavy atom. The third-order valence-electron chi connectivity index (χ3n) is 3.30. The third-order valence-corrected chi connectivity index (χ3v) is 3.30. The Kier molecular flexibility index (Phi) is 12.5. The summed E-state index contributed by atoms with van der Waals surface area (Å²) in [4.78, 5) is 10.9. The third kappa shape index (κ3) is 11.9. The lowest BCUT2D eigenvalue weighted by Crippen LogP contribution is -2.10. The maximum Gasteiger partial charge on any atom is 0.305 e. The fourth-order valence-corrected chi connectivity index (χ4v) is 2.04. The molecule has 0 amide bonds. The lowest BCUT2D eigenvalue weighted by atomic mass is 10.0. The molecule has 0 fully saturated rings. The zero-order valence-corrected chi connectivity index (χ0v) is 12.1. The van der Waals surface area contributed by atoms with Crippen LogP contribution in [-0.4, -0.2) is 24.3 Å². The van der Waals surface area contributed by atoms with Gasteiger partial charge in [0.05, 0.1) is 13.2 Å². The van der Waals surface area contributed by atoms with E-state index in [1.54, 1.807) is 0 Å². The van der Waals surface area contributed by atoms with E-state index in [1.807, 2.05) is 0 Å². The largest absolute Gasteiger partial charge is 0.469 e. The fourth-order valence-electron chi connectivity index (χ4n) is 2.04. The highest BCUT2D eigenvalue weighted by Gasteiger charge is 2.07. The van der Waals surface area contributed by atoms with Gasteiger partial charge in [-0.3, -0.25) is 4.79 Å². The molecule has 0 spiro atoms. The summed E-state index contributed by atoms with van der Waals surface area (Å²) >= 11 is 0. The van der Waals surface area contributed by atoms with Crippen molar-refractivity contribution < 1.29 is 14.6 Å². The molecule has 0 rings (SSSR count). The molecule has 1 unspecified atom stereocenters. The van der Waals surface area contributed by atoms with Crippen molar-refractivity contribution in [1.82, 2.24) is 0 Å². The number of esters is 1. The van der Waals surface area contributed by atoms with E-state index in [2.05, 4.69) is 11.7 Å². The first-order chi connectivity index (χ1) is 8.70. The van der Waals surface area contributed by atoms with Gasteiger partial charge in [0.25, 0.3) is 0 Å². The molecule has 0 aliphatic heterocycles. The first-order valence-corrected chi connectivity index (χ1v) is 7.45. The normalized spacial score (nSPS) is 12.4. The van der Waals surface area contributed by atoms with Crippen LogP contribution in [0.25, 0.3) is 0 Å². The predicted molar refractivity (Wildman–Crippen MR) is 74.5 cm³/mol. The number of unbranched alkanes of at least 4 members (excludes halogenated alkanes) is 7. The summed E-state index contributed by atoms with van der Waals surface area (Å²) < 4.78 is 4.54. The predicted octanol–water partition coefficient (Wildman–Crippen LogP) is 3.83. The maximum atomic E-state index is 10.9. The van der Waals surface area contributed by atoms with E-state index in [9.17, 15) is 9.90 Å². The molecular weight excluding hydrogens is 228 g/mol. The van der Waals surface area contributed by atoms with Crippen LogP contribution in [0.1, 0.15) is 77.6 Å². The minimum atomic E-state index is -0.343. The SMILES string of the molecule is CCCCCCCCCCC(O)CCC(=O)OC. The molecule has 0 heterocycles. The number of aliphatic hydroxyl groups excluding tert-OH is 1. The van der Waals surface area contributed by atoms with E-state index >= 15 is 0 Å². The van der Waals surface area contributed by atoms with Gasteiger partial charge in [0.2, 0.25) is 0 Å². The van der Waals surface area contributed by atoms with Crippen molar-refractivity contribution in [3.05, 3.63) is 0 Å². The van der Waals surface area contributed by atoms with Gasteiger partial charge in [-0.05, 0) is 12.8 Å². The van der Waals surface area contributed by atoms with Crippen molar-refractivity contribution in [2.45, 2.75) is 83.7 Å². The van der Waals surface area contributed by atoms with Gasteiger partial charge < -0.3 is 9.84 Å². The van der Waals surface area contributed by atoms with Crippen molar-refractivity contribution in [2.24, 2.45) is 0 Å². The number of aliphatic hydroxyl groups is 1. The summed E-state index contributed by atoms with van der Waals surface area (Å²) in [6, 6.07) is 0. The summed E-state index contributed by atoms with van der Waals surface area (Å²) in [5.41, 5.74) is 0. The van der Waals surface area contributed by atoms with Crippen LogP contribution in [0, 0.1) is 0 Å². The van der Waals surface area contributed by atoms with E-state index in [0.29, 0.717) is 12.8 Å². The van der Waals surface area contributed by atoms with Crippen LogP contribution >= 0.6 is 0 Å². The van der Waals surface area contributed by atoms with Crippen LogP contribution < -0.4 is 0 Å². The topological polar surface area (TPSA) is 46.5 Å². The van der Waals surface area contributed by atoms with Crippen LogP contribution in [0.2, 0.25) is 0 Å². The summed E-state index contributed by atoms with van der Waals surface area (Å²) in [5, 5.41) is 9.66. The summed E-state index contributed by atoms with van der Waals surface area (Å²) in [6.45, 7) is 2.23. The van der Waals surface area contributed by atoms with Crippen molar-refractivity contribution >= 4 is 5.97 Å². The smallest absolute Gasteiger partial charge is 0.305 e. The molecule has 3 heteroatoms. The number of ether oxygens (including phenoxy) is 1.